The second kappa shape index (κ2) is 6.41. The topological polar surface area (TPSA) is 62.1 Å². The number of hydrogen-bond acceptors (Lipinski definition) is 3. The van der Waals surface area contributed by atoms with Gasteiger partial charge in [0, 0.05) is 19.6 Å². The monoisotopic (exact) mass is 210 g/mol. The van der Waals surface area contributed by atoms with Crippen LogP contribution < -0.4 is 5.32 Å². The Bertz CT molecular complexity index is 247. The molecule has 4 heteroatoms. The number of ether oxygens (including phenoxy) is 1. The predicted molar refractivity (Wildman–Crippen MR) is 56.0 cm³/mol. The van der Waals surface area contributed by atoms with Crippen LogP contribution in [-0.4, -0.2) is 25.2 Å². The van der Waals surface area contributed by atoms with Crippen molar-refractivity contribution in [1.82, 2.24) is 5.32 Å². The molecule has 84 valence electrons. The molecule has 2 unspecified atom stereocenters. The van der Waals surface area contributed by atoms with E-state index in [4.69, 9.17) is 10.00 Å². The van der Waals surface area contributed by atoms with Gasteiger partial charge in [0.25, 0.3) is 0 Å². The standard InChI is InChI=1S/C11H18N2O2/c1-2-10-9(5-8-15-10)11(14)13-7-4-3-6-12/h9-10H,2-5,7-8H2,1H3,(H,13,14). The normalized spacial score (nSPS) is 24.8. The SMILES string of the molecule is CCC1OCCC1C(=O)NCCCC#N. The van der Waals surface area contributed by atoms with Gasteiger partial charge < -0.3 is 10.1 Å². The van der Waals surface area contributed by atoms with Crippen molar-refractivity contribution < 1.29 is 9.53 Å². The van der Waals surface area contributed by atoms with E-state index in [1.807, 2.05) is 6.92 Å². The molecule has 0 spiro atoms. The van der Waals surface area contributed by atoms with Gasteiger partial charge in [0.15, 0.2) is 0 Å². The number of carbonyl (C=O) groups excluding carboxylic acids is 1. The predicted octanol–water partition coefficient (Wildman–Crippen LogP) is 1.22. The van der Waals surface area contributed by atoms with E-state index in [0.717, 1.165) is 19.3 Å². The molecule has 1 heterocycles. The summed E-state index contributed by atoms with van der Waals surface area (Å²) >= 11 is 0. The molecule has 0 radical (unpaired) electrons. The summed E-state index contributed by atoms with van der Waals surface area (Å²) in [6, 6.07) is 2.05. The van der Waals surface area contributed by atoms with Gasteiger partial charge in [-0.15, -0.1) is 0 Å². The van der Waals surface area contributed by atoms with Gasteiger partial charge in [0.05, 0.1) is 18.1 Å². The lowest BCUT2D eigenvalue weighted by Gasteiger charge is -2.16. The van der Waals surface area contributed by atoms with Crippen LogP contribution in [0.1, 0.15) is 32.6 Å². The average molecular weight is 210 g/mol. The molecule has 0 aromatic heterocycles. The second-order valence-electron chi connectivity index (χ2n) is 3.77. The van der Waals surface area contributed by atoms with E-state index in [9.17, 15) is 4.79 Å². The average Bonchev–Trinajstić information content (AvgIpc) is 2.72. The minimum atomic E-state index is 0.0112. The van der Waals surface area contributed by atoms with E-state index in [0.29, 0.717) is 19.6 Å². The Balaban J connectivity index is 2.24. The molecule has 0 saturated carbocycles. The first-order valence-corrected chi connectivity index (χ1v) is 5.55. The Morgan fingerprint density at radius 2 is 2.47 bits per heavy atom. The molecule has 1 rings (SSSR count). The fourth-order valence-corrected chi connectivity index (χ4v) is 1.86. The fourth-order valence-electron chi connectivity index (χ4n) is 1.86. The molecule has 15 heavy (non-hydrogen) atoms. The second-order valence-corrected chi connectivity index (χ2v) is 3.77. The molecule has 4 nitrogen and oxygen atoms in total. The molecule has 0 aromatic rings. The maximum absolute atomic E-state index is 11.7. The Morgan fingerprint density at radius 1 is 1.67 bits per heavy atom. The highest BCUT2D eigenvalue weighted by Gasteiger charge is 2.32. The molecule has 2 atom stereocenters. The minimum absolute atomic E-state index is 0.0112. The van der Waals surface area contributed by atoms with Crippen molar-refractivity contribution in [3.8, 4) is 6.07 Å². The number of hydrogen-bond donors (Lipinski definition) is 1. The van der Waals surface area contributed by atoms with Crippen LogP contribution in [0.25, 0.3) is 0 Å². The highest BCUT2D eigenvalue weighted by molar-refractivity contribution is 5.79. The van der Waals surface area contributed by atoms with Gasteiger partial charge in [0.2, 0.25) is 5.91 Å². The van der Waals surface area contributed by atoms with Crippen LogP contribution in [0.15, 0.2) is 0 Å². The summed E-state index contributed by atoms with van der Waals surface area (Å²) in [6.45, 7) is 3.32. The molecule has 1 fully saturated rings. The molecular formula is C11H18N2O2. The smallest absolute Gasteiger partial charge is 0.225 e. The number of unbranched alkanes of at least 4 members (excludes halogenated alkanes) is 1. The maximum atomic E-state index is 11.7. The van der Waals surface area contributed by atoms with Gasteiger partial charge in [-0.1, -0.05) is 6.92 Å². The Hall–Kier alpha value is -1.08. The summed E-state index contributed by atoms with van der Waals surface area (Å²) in [6.07, 6.45) is 3.02. The van der Waals surface area contributed by atoms with Crippen molar-refractivity contribution >= 4 is 5.91 Å². The van der Waals surface area contributed by atoms with E-state index < -0.39 is 0 Å². The van der Waals surface area contributed by atoms with Crippen LogP contribution in [-0.2, 0) is 9.53 Å². The van der Waals surface area contributed by atoms with Crippen LogP contribution in [0.3, 0.4) is 0 Å². The van der Waals surface area contributed by atoms with E-state index in [1.54, 1.807) is 0 Å². The largest absolute Gasteiger partial charge is 0.377 e. The third-order valence-electron chi connectivity index (χ3n) is 2.71. The van der Waals surface area contributed by atoms with E-state index in [1.165, 1.54) is 0 Å². The van der Waals surface area contributed by atoms with Crippen molar-refractivity contribution in [3.63, 3.8) is 0 Å². The van der Waals surface area contributed by atoms with E-state index in [-0.39, 0.29) is 17.9 Å². The molecule has 1 N–H and O–H groups in total. The highest BCUT2D eigenvalue weighted by Crippen LogP contribution is 2.23. The molecule has 1 amide bonds. The van der Waals surface area contributed by atoms with Gasteiger partial charge in [-0.05, 0) is 19.3 Å². The summed E-state index contributed by atoms with van der Waals surface area (Å²) in [5, 5.41) is 11.2. The van der Waals surface area contributed by atoms with Crippen molar-refractivity contribution in [2.24, 2.45) is 5.92 Å². The van der Waals surface area contributed by atoms with E-state index in [2.05, 4.69) is 11.4 Å². The number of amides is 1. The lowest BCUT2D eigenvalue weighted by Crippen LogP contribution is -2.35. The molecule has 1 aliphatic heterocycles. The Kier molecular flexibility index (Phi) is 5.13. The Morgan fingerprint density at radius 3 is 3.13 bits per heavy atom. The molecule has 0 aromatic carbocycles. The lowest BCUT2D eigenvalue weighted by molar-refractivity contribution is -0.126. The van der Waals surface area contributed by atoms with Crippen LogP contribution in [0, 0.1) is 17.2 Å². The summed E-state index contributed by atoms with van der Waals surface area (Å²) in [7, 11) is 0. The van der Waals surface area contributed by atoms with Crippen LogP contribution in [0.5, 0.6) is 0 Å². The first kappa shape index (κ1) is 12.0. The number of nitrogens with zero attached hydrogens (tertiary/aromatic N) is 1. The third-order valence-corrected chi connectivity index (χ3v) is 2.71. The first-order chi connectivity index (χ1) is 7.29. The summed E-state index contributed by atoms with van der Waals surface area (Å²) in [4.78, 5) is 11.7. The molecule has 0 bridgehead atoms. The van der Waals surface area contributed by atoms with Gasteiger partial charge in [-0.25, -0.2) is 0 Å². The molecule has 1 aliphatic rings. The zero-order valence-electron chi connectivity index (χ0n) is 9.16. The number of nitrogens with one attached hydrogen (secondary N) is 1. The van der Waals surface area contributed by atoms with Gasteiger partial charge in [-0.3, -0.25) is 4.79 Å². The van der Waals surface area contributed by atoms with Gasteiger partial charge in [0.1, 0.15) is 0 Å². The molecule has 0 aliphatic carbocycles. The fraction of sp³-hybridized carbons (Fsp3) is 0.818. The van der Waals surface area contributed by atoms with Crippen molar-refractivity contribution in [2.75, 3.05) is 13.2 Å². The zero-order valence-corrected chi connectivity index (χ0v) is 9.16. The quantitative estimate of drug-likeness (QED) is 0.694. The lowest BCUT2D eigenvalue weighted by atomic mass is 9.99. The minimum Gasteiger partial charge on any atom is -0.377 e. The Labute approximate surface area is 90.6 Å². The van der Waals surface area contributed by atoms with Gasteiger partial charge in [-0.2, -0.15) is 5.26 Å². The van der Waals surface area contributed by atoms with Crippen LogP contribution in [0.4, 0.5) is 0 Å². The summed E-state index contributed by atoms with van der Waals surface area (Å²) in [5.74, 6) is 0.0920. The molecule has 1 saturated heterocycles. The van der Waals surface area contributed by atoms with Crippen molar-refractivity contribution in [1.29, 1.82) is 5.26 Å². The van der Waals surface area contributed by atoms with Crippen LogP contribution in [0.2, 0.25) is 0 Å². The summed E-state index contributed by atoms with van der Waals surface area (Å²) < 4.78 is 5.45. The number of nitriles is 1. The number of rotatable bonds is 5. The first-order valence-electron chi connectivity index (χ1n) is 5.55. The molecular weight excluding hydrogens is 192 g/mol. The maximum Gasteiger partial charge on any atom is 0.225 e. The van der Waals surface area contributed by atoms with E-state index >= 15 is 0 Å². The van der Waals surface area contributed by atoms with Crippen molar-refractivity contribution in [3.05, 3.63) is 0 Å². The van der Waals surface area contributed by atoms with Crippen LogP contribution >= 0.6 is 0 Å². The van der Waals surface area contributed by atoms with Gasteiger partial charge >= 0.3 is 0 Å². The third kappa shape index (κ3) is 3.52. The summed E-state index contributed by atoms with van der Waals surface area (Å²) in [5.41, 5.74) is 0. The number of carbonyl (C=O) groups is 1. The van der Waals surface area contributed by atoms with Crippen molar-refractivity contribution in [2.45, 2.75) is 38.7 Å². The highest BCUT2D eigenvalue weighted by atomic mass is 16.5. The zero-order chi connectivity index (χ0) is 11.1.